The molecule has 32 heavy (non-hydrogen) atoms. The number of halogens is 2. The number of nitrogens with zero attached hydrogens (tertiary/aromatic N) is 2. The normalized spacial score (nSPS) is 11.3. The molecule has 3 aromatic carbocycles. The molecular formula is C23H16F2N2O4S. The van der Waals surface area contributed by atoms with Crippen molar-refractivity contribution in [2.45, 2.75) is 4.90 Å². The van der Waals surface area contributed by atoms with Crippen molar-refractivity contribution in [2.75, 3.05) is 6.26 Å². The fourth-order valence-corrected chi connectivity index (χ4v) is 3.64. The lowest BCUT2D eigenvalue weighted by Gasteiger charge is -2.13. The predicted molar refractivity (Wildman–Crippen MR) is 115 cm³/mol. The summed E-state index contributed by atoms with van der Waals surface area (Å²) >= 11 is 0. The first-order valence-electron chi connectivity index (χ1n) is 9.34. The second-order valence-electron chi connectivity index (χ2n) is 6.93. The second-order valence-corrected chi connectivity index (χ2v) is 8.95. The van der Waals surface area contributed by atoms with Gasteiger partial charge in [0, 0.05) is 6.26 Å². The van der Waals surface area contributed by atoms with E-state index in [4.69, 9.17) is 4.74 Å². The van der Waals surface area contributed by atoms with Crippen molar-refractivity contribution in [2.24, 2.45) is 0 Å². The van der Waals surface area contributed by atoms with E-state index in [1.807, 2.05) is 0 Å². The number of sulfone groups is 1. The molecule has 1 heterocycles. The number of benzene rings is 3. The minimum absolute atomic E-state index is 0.108. The number of rotatable bonds is 5. The van der Waals surface area contributed by atoms with Crippen LogP contribution in [0, 0.1) is 11.6 Å². The van der Waals surface area contributed by atoms with Crippen molar-refractivity contribution in [3.8, 4) is 28.3 Å². The number of hydrogen-bond donors (Lipinski definition) is 0. The zero-order valence-electron chi connectivity index (χ0n) is 16.7. The van der Waals surface area contributed by atoms with E-state index in [-0.39, 0.29) is 16.4 Å². The maximum Gasteiger partial charge on any atom is 0.315 e. The molecule has 9 heteroatoms. The smallest absolute Gasteiger partial charge is 0.315 e. The zero-order chi connectivity index (χ0) is 22.9. The summed E-state index contributed by atoms with van der Waals surface area (Å²) in [7, 11) is -3.40. The molecule has 0 aliphatic heterocycles. The van der Waals surface area contributed by atoms with Crippen LogP contribution in [0.25, 0.3) is 16.8 Å². The van der Waals surface area contributed by atoms with E-state index in [0.717, 1.165) is 10.9 Å². The molecule has 0 amide bonds. The Bertz CT molecular complexity index is 1430. The van der Waals surface area contributed by atoms with Gasteiger partial charge < -0.3 is 4.74 Å². The van der Waals surface area contributed by atoms with E-state index in [9.17, 15) is 22.0 Å². The molecule has 1 aromatic heterocycles. The maximum absolute atomic E-state index is 13.3. The average Bonchev–Trinajstić information content (AvgIpc) is 2.77. The van der Waals surface area contributed by atoms with Crippen LogP contribution in [-0.4, -0.2) is 24.5 Å². The lowest BCUT2D eigenvalue weighted by atomic mass is 10.1. The van der Waals surface area contributed by atoms with E-state index >= 15 is 0 Å². The number of hydrogen-bond acceptors (Lipinski definition) is 5. The summed E-state index contributed by atoms with van der Waals surface area (Å²) in [5.41, 5.74) is 0.480. The topological polar surface area (TPSA) is 78.3 Å². The SMILES string of the molecule is CS(=O)(=O)c1ccc(-c2cnn(-c3ccc(F)cc3)c(=O)c2Oc2ccc(F)cc2)cc1. The number of ether oxygens (including phenoxy) is 1. The van der Waals surface area contributed by atoms with Gasteiger partial charge in [0.25, 0.3) is 0 Å². The van der Waals surface area contributed by atoms with Gasteiger partial charge in [-0.2, -0.15) is 9.78 Å². The van der Waals surface area contributed by atoms with Crippen LogP contribution in [0.4, 0.5) is 8.78 Å². The summed E-state index contributed by atoms with van der Waals surface area (Å²) in [4.78, 5) is 13.4. The van der Waals surface area contributed by atoms with E-state index in [1.54, 1.807) is 0 Å². The summed E-state index contributed by atoms with van der Waals surface area (Å²) in [6, 6.07) is 16.2. The number of aromatic nitrogens is 2. The fourth-order valence-electron chi connectivity index (χ4n) is 3.01. The van der Waals surface area contributed by atoms with Gasteiger partial charge in [0.2, 0.25) is 5.75 Å². The molecule has 0 aliphatic rings. The summed E-state index contributed by atoms with van der Waals surface area (Å²) in [5.74, 6) is -0.822. The Morgan fingerprint density at radius 3 is 1.97 bits per heavy atom. The molecule has 4 aromatic rings. The third-order valence-electron chi connectivity index (χ3n) is 4.63. The minimum Gasteiger partial charge on any atom is -0.451 e. The van der Waals surface area contributed by atoms with Crippen molar-refractivity contribution in [1.29, 1.82) is 0 Å². The third-order valence-corrected chi connectivity index (χ3v) is 5.76. The highest BCUT2D eigenvalue weighted by Crippen LogP contribution is 2.31. The highest BCUT2D eigenvalue weighted by atomic mass is 32.2. The first kappa shape index (κ1) is 21.4. The van der Waals surface area contributed by atoms with Gasteiger partial charge in [-0.1, -0.05) is 12.1 Å². The summed E-state index contributed by atoms with van der Waals surface area (Å²) < 4.78 is 56.9. The molecule has 6 nitrogen and oxygen atoms in total. The standard InChI is InChI=1S/C23H16F2N2O4S/c1-32(29,30)20-12-2-15(3-13-20)21-14-26-27(18-8-4-16(24)5-9-18)23(28)22(21)31-19-10-6-17(25)7-11-19/h2-14H,1H3. The van der Waals surface area contributed by atoms with Gasteiger partial charge in [-0.05, 0) is 66.2 Å². The van der Waals surface area contributed by atoms with Crippen molar-refractivity contribution in [3.63, 3.8) is 0 Å². The van der Waals surface area contributed by atoms with Gasteiger partial charge >= 0.3 is 5.56 Å². The average molecular weight is 454 g/mol. The maximum atomic E-state index is 13.3. The van der Waals surface area contributed by atoms with Crippen LogP contribution in [0.2, 0.25) is 0 Å². The van der Waals surface area contributed by atoms with Crippen molar-refractivity contribution < 1.29 is 21.9 Å². The van der Waals surface area contributed by atoms with Crippen LogP contribution in [0.3, 0.4) is 0 Å². The zero-order valence-corrected chi connectivity index (χ0v) is 17.5. The molecule has 0 saturated carbocycles. The summed E-state index contributed by atoms with van der Waals surface area (Å²) in [6.07, 6.45) is 2.48. The molecule has 0 unspecified atom stereocenters. The largest absolute Gasteiger partial charge is 0.451 e. The summed E-state index contributed by atoms with van der Waals surface area (Å²) in [5, 5.41) is 4.17. The summed E-state index contributed by atoms with van der Waals surface area (Å²) in [6.45, 7) is 0. The molecule has 162 valence electrons. The van der Waals surface area contributed by atoms with Crippen LogP contribution in [0.15, 0.2) is 88.7 Å². The third kappa shape index (κ3) is 4.42. The van der Waals surface area contributed by atoms with E-state index in [1.165, 1.54) is 79.0 Å². The Hall–Kier alpha value is -3.85. The molecule has 0 aliphatic carbocycles. The van der Waals surface area contributed by atoms with E-state index in [2.05, 4.69) is 5.10 Å². The Kier molecular flexibility index (Phi) is 5.58. The molecule has 4 rings (SSSR count). The lowest BCUT2D eigenvalue weighted by molar-refractivity contribution is 0.468. The first-order valence-corrected chi connectivity index (χ1v) is 11.2. The Balaban J connectivity index is 1.87. The van der Waals surface area contributed by atoms with Crippen molar-refractivity contribution in [1.82, 2.24) is 9.78 Å². The molecular weight excluding hydrogens is 438 g/mol. The fraction of sp³-hybridized carbons (Fsp3) is 0.0435. The van der Waals surface area contributed by atoms with Gasteiger partial charge in [-0.3, -0.25) is 4.79 Å². The monoisotopic (exact) mass is 454 g/mol. The molecule has 0 spiro atoms. The Morgan fingerprint density at radius 2 is 1.41 bits per heavy atom. The van der Waals surface area contributed by atoms with Crippen LogP contribution >= 0.6 is 0 Å². The highest BCUT2D eigenvalue weighted by Gasteiger charge is 2.18. The second kappa shape index (κ2) is 8.35. The Labute approximate surface area is 182 Å². The molecule has 0 radical (unpaired) electrons. The highest BCUT2D eigenvalue weighted by molar-refractivity contribution is 7.90. The van der Waals surface area contributed by atoms with Gasteiger partial charge in [0.15, 0.2) is 9.84 Å². The molecule has 0 bridgehead atoms. The van der Waals surface area contributed by atoms with E-state index < -0.39 is 27.0 Å². The lowest BCUT2D eigenvalue weighted by Crippen LogP contribution is -2.22. The minimum atomic E-state index is -3.40. The molecule has 0 saturated heterocycles. The van der Waals surface area contributed by atoms with Crippen LogP contribution in [-0.2, 0) is 9.84 Å². The van der Waals surface area contributed by atoms with Gasteiger partial charge in [-0.15, -0.1) is 0 Å². The van der Waals surface area contributed by atoms with Crippen molar-refractivity contribution >= 4 is 9.84 Å². The van der Waals surface area contributed by atoms with Gasteiger partial charge in [0.05, 0.1) is 22.3 Å². The van der Waals surface area contributed by atoms with Gasteiger partial charge in [-0.25, -0.2) is 17.2 Å². The van der Waals surface area contributed by atoms with Crippen LogP contribution in [0.1, 0.15) is 0 Å². The first-order chi connectivity index (χ1) is 15.2. The molecule has 0 atom stereocenters. The molecule has 0 fully saturated rings. The Morgan fingerprint density at radius 1 is 0.844 bits per heavy atom. The molecule has 0 N–H and O–H groups in total. The van der Waals surface area contributed by atoms with Crippen LogP contribution in [0.5, 0.6) is 11.5 Å². The quantitative estimate of drug-likeness (QED) is 0.447. The van der Waals surface area contributed by atoms with Crippen molar-refractivity contribution in [3.05, 3.63) is 101 Å². The van der Waals surface area contributed by atoms with E-state index in [0.29, 0.717) is 16.8 Å². The predicted octanol–water partition coefficient (Wildman–Crippen LogP) is 4.37. The van der Waals surface area contributed by atoms with Gasteiger partial charge in [0.1, 0.15) is 17.4 Å². The van der Waals surface area contributed by atoms with Crippen LogP contribution < -0.4 is 10.3 Å².